The van der Waals surface area contributed by atoms with Gasteiger partial charge in [0, 0.05) is 37.4 Å². The van der Waals surface area contributed by atoms with Gasteiger partial charge in [0.25, 0.3) is 6.47 Å². The SMILES string of the molecule is CCn1ncc(CN(C)CCn2cnnc2C)c1C.O=CO. The average molecular weight is 308 g/mol. The highest BCUT2D eigenvalue weighted by Gasteiger charge is 2.08. The van der Waals surface area contributed by atoms with Gasteiger partial charge in [0.05, 0.1) is 6.20 Å². The zero-order valence-electron chi connectivity index (χ0n) is 13.6. The predicted molar refractivity (Wildman–Crippen MR) is 82.4 cm³/mol. The maximum absolute atomic E-state index is 8.36. The first-order valence-electron chi connectivity index (χ1n) is 7.15. The largest absolute Gasteiger partial charge is 0.483 e. The number of likely N-dealkylation sites (N-methyl/N-ethyl adjacent to an activating group) is 1. The molecule has 22 heavy (non-hydrogen) atoms. The van der Waals surface area contributed by atoms with Gasteiger partial charge in [0.15, 0.2) is 0 Å². The van der Waals surface area contributed by atoms with Crippen LogP contribution < -0.4 is 0 Å². The normalized spacial score (nSPS) is 10.4. The lowest BCUT2D eigenvalue weighted by Gasteiger charge is -2.16. The first kappa shape index (κ1) is 17.8. The number of aryl methyl sites for hydroxylation is 2. The maximum Gasteiger partial charge on any atom is 0.290 e. The molecule has 0 aliphatic rings. The van der Waals surface area contributed by atoms with Crippen LogP contribution in [0.15, 0.2) is 12.5 Å². The van der Waals surface area contributed by atoms with Crippen LogP contribution in [0, 0.1) is 13.8 Å². The third kappa shape index (κ3) is 4.96. The number of rotatable bonds is 6. The molecule has 1 N–H and O–H groups in total. The fraction of sp³-hybridized carbons (Fsp3) is 0.571. The molecule has 0 radical (unpaired) electrons. The van der Waals surface area contributed by atoms with Crippen molar-refractivity contribution in [2.75, 3.05) is 13.6 Å². The summed E-state index contributed by atoms with van der Waals surface area (Å²) in [5.74, 6) is 0.961. The molecule has 2 heterocycles. The molecule has 0 aliphatic heterocycles. The van der Waals surface area contributed by atoms with Gasteiger partial charge in [0.1, 0.15) is 12.2 Å². The molecule has 0 saturated heterocycles. The molecule has 0 saturated carbocycles. The molecule has 0 atom stereocenters. The molecule has 0 aromatic carbocycles. The van der Waals surface area contributed by atoms with E-state index in [0.717, 1.165) is 32.0 Å². The Bertz CT molecular complexity index is 578. The van der Waals surface area contributed by atoms with Gasteiger partial charge >= 0.3 is 0 Å². The highest BCUT2D eigenvalue weighted by molar-refractivity contribution is 5.32. The summed E-state index contributed by atoms with van der Waals surface area (Å²) in [6.07, 6.45) is 3.75. The van der Waals surface area contributed by atoms with E-state index in [1.165, 1.54) is 11.3 Å². The molecule has 0 amide bonds. The van der Waals surface area contributed by atoms with Crippen molar-refractivity contribution >= 4 is 6.47 Å². The number of nitrogens with zero attached hydrogens (tertiary/aromatic N) is 6. The van der Waals surface area contributed by atoms with E-state index < -0.39 is 0 Å². The van der Waals surface area contributed by atoms with Crippen molar-refractivity contribution in [1.29, 1.82) is 0 Å². The molecule has 0 aliphatic carbocycles. The molecule has 0 bridgehead atoms. The fourth-order valence-electron chi connectivity index (χ4n) is 2.14. The van der Waals surface area contributed by atoms with E-state index >= 15 is 0 Å². The molecule has 0 spiro atoms. The van der Waals surface area contributed by atoms with Crippen molar-refractivity contribution < 1.29 is 9.90 Å². The van der Waals surface area contributed by atoms with Crippen molar-refractivity contribution in [3.8, 4) is 0 Å². The van der Waals surface area contributed by atoms with Gasteiger partial charge in [-0.2, -0.15) is 5.10 Å². The van der Waals surface area contributed by atoms with Gasteiger partial charge in [-0.15, -0.1) is 10.2 Å². The Labute approximate surface area is 130 Å². The lowest BCUT2D eigenvalue weighted by Crippen LogP contribution is -2.23. The van der Waals surface area contributed by atoms with Crippen LogP contribution in [0.25, 0.3) is 0 Å². The Morgan fingerprint density at radius 2 is 2.09 bits per heavy atom. The van der Waals surface area contributed by atoms with Gasteiger partial charge in [0.2, 0.25) is 0 Å². The molecule has 2 aromatic rings. The second-order valence-corrected chi connectivity index (χ2v) is 4.99. The summed E-state index contributed by atoms with van der Waals surface area (Å²) in [5.41, 5.74) is 2.56. The summed E-state index contributed by atoms with van der Waals surface area (Å²) in [4.78, 5) is 10.7. The molecular formula is C14H24N6O2. The van der Waals surface area contributed by atoms with Gasteiger partial charge < -0.3 is 14.6 Å². The quantitative estimate of drug-likeness (QED) is 0.799. The van der Waals surface area contributed by atoms with Crippen LogP contribution in [-0.4, -0.2) is 54.6 Å². The van der Waals surface area contributed by atoms with Gasteiger partial charge in [-0.25, -0.2) is 0 Å². The topological polar surface area (TPSA) is 89.1 Å². The highest BCUT2D eigenvalue weighted by atomic mass is 16.3. The van der Waals surface area contributed by atoms with Gasteiger partial charge in [-0.1, -0.05) is 0 Å². The highest BCUT2D eigenvalue weighted by Crippen LogP contribution is 2.09. The van der Waals surface area contributed by atoms with E-state index in [4.69, 9.17) is 9.90 Å². The number of carbonyl (C=O) groups is 1. The van der Waals surface area contributed by atoms with E-state index in [0.29, 0.717) is 0 Å². The molecule has 8 nitrogen and oxygen atoms in total. The maximum atomic E-state index is 8.36. The van der Waals surface area contributed by atoms with E-state index in [9.17, 15) is 0 Å². The van der Waals surface area contributed by atoms with Crippen LogP contribution in [0.3, 0.4) is 0 Å². The molecule has 2 aromatic heterocycles. The zero-order valence-corrected chi connectivity index (χ0v) is 13.6. The summed E-state index contributed by atoms with van der Waals surface area (Å²) >= 11 is 0. The number of hydrogen-bond acceptors (Lipinski definition) is 5. The van der Waals surface area contributed by atoms with E-state index in [-0.39, 0.29) is 6.47 Å². The first-order chi connectivity index (χ1) is 10.5. The van der Waals surface area contributed by atoms with E-state index in [2.05, 4.69) is 45.7 Å². The predicted octanol–water partition coefficient (Wildman–Crippen LogP) is 0.944. The monoisotopic (exact) mass is 308 g/mol. The lowest BCUT2D eigenvalue weighted by atomic mass is 10.2. The Morgan fingerprint density at radius 3 is 2.59 bits per heavy atom. The smallest absolute Gasteiger partial charge is 0.290 e. The molecule has 2 rings (SSSR count). The minimum atomic E-state index is -0.250. The van der Waals surface area contributed by atoms with Crippen molar-refractivity contribution in [1.82, 2.24) is 29.4 Å². The average Bonchev–Trinajstić information content (AvgIpc) is 3.04. The Hall–Kier alpha value is -2.22. The zero-order chi connectivity index (χ0) is 16.5. The van der Waals surface area contributed by atoms with Gasteiger partial charge in [-0.05, 0) is 27.8 Å². The summed E-state index contributed by atoms with van der Waals surface area (Å²) in [6, 6.07) is 0. The molecular weight excluding hydrogens is 284 g/mol. The number of carboxylic acid groups (broad SMARTS) is 1. The summed E-state index contributed by atoms with van der Waals surface area (Å²) in [7, 11) is 2.13. The van der Waals surface area contributed by atoms with Crippen LogP contribution >= 0.6 is 0 Å². The van der Waals surface area contributed by atoms with Crippen LogP contribution in [-0.2, 0) is 24.4 Å². The standard InChI is InChI=1S/C13H22N6.CH2O2/c1-5-19-11(2)13(8-15-19)9-17(4)6-7-18-10-14-16-12(18)3;2-1-3/h8,10H,5-7,9H2,1-4H3;1H,(H,2,3). The van der Waals surface area contributed by atoms with Crippen LogP contribution in [0.2, 0.25) is 0 Å². The third-order valence-electron chi connectivity index (χ3n) is 3.48. The van der Waals surface area contributed by atoms with Crippen molar-refractivity contribution in [2.45, 2.75) is 40.4 Å². The first-order valence-corrected chi connectivity index (χ1v) is 7.15. The minimum absolute atomic E-state index is 0.250. The van der Waals surface area contributed by atoms with Crippen LogP contribution in [0.5, 0.6) is 0 Å². The summed E-state index contributed by atoms with van der Waals surface area (Å²) in [5, 5.41) is 19.1. The summed E-state index contributed by atoms with van der Waals surface area (Å²) < 4.78 is 4.10. The lowest BCUT2D eigenvalue weighted by molar-refractivity contribution is -0.122. The van der Waals surface area contributed by atoms with E-state index in [1.54, 1.807) is 6.33 Å². The van der Waals surface area contributed by atoms with Crippen molar-refractivity contribution in [3.05, 3.63) is 29.6 Å². The fourth-order valence-corrected chi connectivity index (χ4v) is 2.14. The molecule has 0 unspecified atom stereocenters. The second kappa shape index (κ2) is 8.93. The Balaban J connectivity index is 0.000000745. The molecule has 0 fully saturated rings. The Morgan fingerprint density at radius 1 is 1.41 bits per heavy atom. The third-order valence-corrected chi connectivity index (χ3v) is 3.48. The van der Waals surface area contributed by atoms with Gasteiger partial charge in [-0.3, -0.25) is 9.48 Å². The molecule has 8 heteroatoms. The van der Waals surface area contributed by atoms with Crippen molar-refractivity contribution in [2.24, 2.45) is 0 Å². The number of hydrogen-bond donors (Lipinski definition) is 1. The number of aromatic nitrogens is 5. The van der Waals surface area contributed by atoms with Crippen molar-refractivity contribution in [3.63, 3.8) is 0 Å². The minimum Gasteiger partial charge on any atom is -0.483 e. The molecule has 122 valence electrons. The second-order valence-electron chi connectivity index (χ2n) is 4.99. The summed E-state index contributed by atoms with van der Waals surface area (Å²) in [6.45, 7) is 9.70. The Kier molecular flexibility index (Phi) is 7.24. The van der Waals surface area contributed by atoms with Crippen LogP contribution in [0.1, 0.15) is 24.0 Å². The van der Waals surface area contributed by atoms with E-state index in [1.807, 2.05) is 17.8 Å². The van der Waals surface area contributed by atoms with Crippen LogP contribution in [0.4, 0.5) is 0 Å².